The van der Waals surface area contributed by atoms with E-state index in [1.165, 1.54) is 25.5 Å². The van der Waals surface area contributed by atoms with Gasteiger partial charge in [-0.3, -0.25) is 4.79 Å². The van der Waals surface area contributed by atoms with Gasteiger partial charge in [0.2, 0.25) is 0 Å². The molecule has 0 N–H and O–H groups in total. The van der Waals surface area contributed by atoms with E-state index >= 15 is 0 Å². The van der Waals surface area contributed by atoms with Crippen molar-refractivity contribution >= 4 is 11.6 Å². The smallest absolute Gasteiger partial charge is 0.262 e. The molecular formula is C24H27FN2O2. The van der Waals surface area contributed by atoms with Crippen molar-refractivity contribution in [3.05, 3.63) is 59.4 Å². The Balaban J connectivity index is 1.46. The summed E-state index contributed by atoms with van der Waals surface area (Å²) in [4.78, 5) is 17.8. The Morgan fingerprint density at radius 3 is 2.66 bits per heavy atom. The van der Waals surface area contributed by atoms with Crippen LogP contribution in [0.25, 0.3) is 0 Å². The molecule has 0 aromatic heterocycles. The Kier molecular flexibility index (Phi) is 4.58. The molecule has 5 heteroatoms. The number of methoxy groups -OCH3 is 1. The van der Waals surface area contributed by atoms with E-state index in [4.69, 9.17) is 4.74 Å². The van der Waals surface area contributed by atoms with Crippen molar-refractivity contribution in [3.63, 3.8) is 0 Å². The maximum atomic E-state index is 14.2. The molecule has 2 aromatic rings. The zero-order chi connectivity index (χ0) is 20.0. The molecule has 1 saturated heterocycles. The number of para-hydroxylation sites is 1. The van der Waals surface area contributed by atoms with Crippen LogP contribution >= 0.6 is 0 Å². The van der Waals surface area contributed by atoms with Crippen molar-refractivity contribution in [3.8, 4) is 5.75 Å². The number of piperidine rings is 1. The van der Waals surface area contributed by atoms with Crippen molar-refractivity contribution in [2.24, 2.45) is 5.92 Å². The number of amides is 1. The molecule has 1 saturated carbocycles. The highest BCUT2D eigenvalue weighted by Crippen LogP contribution is 2.48. The van der Waals surface area contributed by atoms with Gasteiger partial charge in [0, 0.05) is 24.2 Å². The molecule has 5 rings (SSSR count). The number of benzene rings is 2. The van der Waals surface area contributed by atoms with Gasteiger partial charge in [0.15, 0.2) is 0 Å². The van der Waals surface area contributed by atoms with Gasteiger partial charge in [-0.1, -0.05) is 12.1 Å². The Labute approximate surface area is 171 Å². The van der Waals surface area contributed by atoms with Gasteiger partial charge in [0.05, 0.1) is 12.7 Å². The molecule has 2 fully saturated rings. The summed E-state index contributed by atoms with van der Waals surface area (Å²) >= 11 is 0. The third kappa shape index (κ3) is 3.31. The summed E-state index contributed by atoms with van der Waals surface area (Å²) in [6.45, 7) is 3.84. The predicted molar refractivity (Wildman–Crippen MR) is 111 cm³/mol. The molecule has 0 bridgehead atoms. The minimum absolute atomic E-state index is 0.0763. The number of fused-ring (bicyclic) bond motifs is 2. The number of rotatable bonds is 4. The summed E-state index contributed by atoms with van der Waals surface area (Å²) in [6.07, 6.45) is 4.64. The molecule has 152 valence electrons. The first kappa shape index (κ1) is 18.6. The zero-order valence-corrected chi connectivity index (χ0v) is 16.9. The second-order valence-corrected chi connectivity index (χ2v) is 8.78. The Morgan fingerprint density at radius 2 is 1.93 bits per heavy atom. The average molecular weight is 394 g/mol. The van der Waals surface area contributed by atoms with E-state index in [9.17, 15) is 9.18 Å². The Bertz CT molecular complexity index is 932. The van der Waals surface area contributed by atoms with Crippen LogP contribution in [0.3, 0.4) is 0 Å². The molecule has 0 radical (unpaired) electrons. The van der Waals surface area contributed by atoms with E-state index in [1.807, 2.05) is 17.0 Å². The lowest BCUT2D eigenvalue weighted by atomic mass is 9.74. The summed E-state index contributed by atoms with van der Waals surface area (Å²) in [7, 11) is 1.58. The van der Waals surface area contributed by atoms with E-state index in [0.717, 1.165) is 43.1 Å². The highest BCUT2D eigenvalue weighted by molar-refractivity contribution is 6.09. The van der Waals surface area contributed by atoms with Crippen molar-refractivity contribution < 1.29 is 13.9 Å². The van der Waals surface area contributed by atoms with Crippen LogP contribution in [0.4, 0.5) is 10.1 Å². The third-order valence-corrected chi connectivity index (χ3v) is 6.89. The third-order valence-electron chi connectivity index (χ3n) is 6.89. The lowest BCUT2D eigenvalue weighted by Gasteiger charge is -2.40. The second-order valence-electron chi connectivity index (χ2n) is 8.78. The van der Waals surface area contributed by atoms with Gasteiger partial charge >= 0.3 is 0 Å². The van der Waals surface area contributed by atoms with Crippen molar-refractivity contribution in [1.29, 1.82) is 0 Å². The first-order valence-electron chi connectivity index (χ1n) is 10.6. The highest BCUT2D eigenvalue weighted by atomic mass is 19.1. The topological polar surface area (TPSA) is 32.8 Å². The van der Waals surface area contributed by atoms with Crippen LogP contribution in [0.2, 0.25) is 0 Å². The average Bonchev–Trinajstić information content (AvgIpc) is 3.52. The minimum atomic E-state index is -0.227. The summed E-state index contributed by atoms with van der Waals surface area (Å²) < 4.78 is 19.6. The monoisotopic (exact) mass is 394 g/mol. The van der Waals surface area contributed by atoms with Gasteiger partial charge in [-0.25, -0.2) is 4.39 Å². The van der Waals surface area contributed by atoms with Crippen LogP contribution in [-0.4, -0.2) is 44.1 Å². The van der Waals surface area contributed by atoms with Crippen LogP contribution in [-0.2, 0) is 5.41 Å². The van der Waals surface area contributed by atoms with Crippen LogP contribution in [0.5, 0.6) is 5.75 Å². The highest BCUT2D eigenvalue weighted by Gasteiger charge is 2.47. The van der Waals surface area contributed by atoms with Crippen molar-refractivity contribution in [2.45, 2.75) is 31.1 Å². The molecule has 3 aliphatic rings. The van der Waals surface area contributed by atoms with Gasteiger partial charge < -0.3 is 14.5 Å². The SMILES string of the molecule is COc1ccccc1C(=O)N1CC2(CCN(CC3CC3)CC2)c2cc(F)ccc21. The van der Waals surface area contributed by atoms with E-state index in [-0.39, 0.29) is 17.1 Å². The molecule has 0 atom stereocenters. The number of hydrogen-bond donors (Lipinski definition) is 0. The summed E-state index contributed by atoms with van der Waals surface area (Å²) in [5.41, 5.74) is 2.23. The fraction of sp³-hybridized carbons (Fsp3) is 0.458. The number of halogens is 1. The standard InChI is InChI=1S/C24H27FN2O2/c1-29-22-5-3-2-4-19(22)23(28)27-16-24(20-14-18(25)8-9-21(20)27)10-12-26(13-11-24)15-17-6-7-17/h2-5,8-9,14,17H,6-7,10-13,15-16H2,1H3. The number of likely N-dealkylation sites (tertiary alicyclic amines) is 1. The fourth-order valence-electron chi connectivity index (χ4n) is 5.05. The lowest BCUT2D eigenvalue weighted by molar-refractivity contribution is 0.0973. The van der Waals surface area contributed by atoms with E-state index in [1.54, 1.807) is 31.4 Å². The Hall–Kier alpha value is -2.40. The van der Waals surface area contributed by atoms with Gasteiger partial charge in [0.1, 0.15) is 11.6 Å². The molecule has 4 nitrogen and oxygen atoms in total. The maximum absolute atomic E-state index is 14.2. The first-order valence-corrected chi connectivity index (χ1v) is 10.6. The number of carbonyl (C=O) groups is 1. The van der Waals surface area contributed by atoms with Gasteiger partial charge in [-0.15, -0.1) is 0 Å². The summed E-state index contributed by atoms with van der Waals surface area (Å²) in [6, 6.07) is 12.2. The number of anilines is 1. The van der Waals surface area contributed by atoms with Gasteiger partial charge in [-0.05, 0) is 80.6 Å². The largest absolute Gasteiger partial charge is 0.496 e. The predicted octanol–water partition coefficient (Wildman–Crippen LogP) is 4.24. The summed E-state index contributed by atoms with van der Waals surface area (Å²) in [5.74, 6) is 1.14. The van der Waals surface area contributed by atoms with Crippen LogP contribution in [0.15, 0.2) is 42.5 Å². The van der Waals surface area contributed by atoms with E-state index < -0.39 is 0 Å². The number of ether oxygens (including phenoxy) is 1. The number of hydrogen-bond acceptors (Lipinski definition) is 3. The normalized spacial score (nSPS) is 20.7. The van der Waals surface area contributed by atoms with Crippen LogP contribution in [0.1, 0.15) is 41.6 Å². The zero-order valence-electron chi connectivity index (χ0n) is 16.9. The lowest BCUT2D eigenvalue weighted by Crippen LogP contribution is -2.46. The van der Waals surface area contributed by atoms with E-state index in [0.29, 0.717) is 17.9 Å². The van der Waals surface area contributed by atoms with Gasteiger partial charge in [-0.2, -0.15) is 0 Å². The van der Waals surface area contributed by atoms with Crippen LogP contribution < -0.4 is 9.64 Å². The first-order chi connectivity index (χ1) is 14.1. The van der Waals surface area contributed by atoms with Gasteiger partial charge in [0.25, 0.3) is 5.91 Å². The molecule has 29 heavy (non-hydrogen) atoms. The van der Waals surface area contributed by atoms with Crippen molar-refractivity contribution in [1.82, 2.24) is 4.90 Å². The number of carbonyl (C=O) groups excluding carboxylic acids is 1. The number of nitrogens with zero attached hydrogens (tertiary/aromatic N) is 2. The molecule has 1 aliphatic carbocycles. The van der Waals surface area contributed by atoms with Crippen molar-refractivity contribution in [2.75, 3.05) is 38.2 Å². The van der Waals surface area contributed by atoms with Crippen LogP contribution in [0, 0.1) is 11.7 Å². The molecule has 2 heterocycles. The Morgan fingerprint density at radius 1 is 1.17 bits per heavy atom. The molecule has 1 amide bonds. The summed E-state index contributed by atoms with van der Waals surface area (Å²) in [5, 5.41) is 0. The molecule has 2 aliphatic heterocycles. The van der Waals surface area contributed by atoms with E-state index in [2.05, 4.69) is 4.90 Å². The molecule has 1 spiro atoms. The fourth-order valence-corrected chi connectivity index (χ4v) is 5.05. The quantitative estimate of drug-likeness (QED) is 0.778. The maximum Gasteiger partial charge on any atom is 0.262 e. The molecule has 2 aromatic carbocycles. The minimum Gasteiger partial charge on any atom is -0.496 e. The molecular weight excluding hydrogens is 367 g/mol. The second kappa shape index (κ2) is 7.13. The molecule has 0 unspecified atom stereocenters.